The Balaban J connectivity index is 1.75. The largest absolute Gasteiger partial charge is 0.481 e. The molecular formula is C19H19NO4. The van der Waals surface area contributed by atoms with Crippen LogP contribution in [0.25, 0.3) is 0 Å². The number of hydrogen-bond donors (Lipinski definition) is 1. The number of ether oxygens (including phenoxy) is 1. The lowest BCUT2D eigenvalue weighted by atomic mass is 10.1. The van der Waals surface area contributed by atoms with Gasteiger partial charge in [-0.25, -0.2) is 0 Å². The van der Waals surface area contributed by atoms with E-state index in [0.717, 1.165) is 12.8 Å². The van der Waals surface area contributed by atoms with Crippen molar-refractivity contribution < 1.29 is 19.4 Å². The number of carbonyl (C=O) groups excluding carboxylic acids is 1. The van der Waals surface area contributed by atoms with Crippen LogP contribution in [-0.2, 0) is 4.79 Å². The SMILES string of the molecule is O=C(O)CC1CCCN1C(=O)c1cccc(Oc2ccccc2)c1. The summed E-state index contributed by atoms with van der Waals surface area (Å²) in [6.45, 7) is 0.598. The maximum absolute atomic E-state index is 12.7. The fourth-order valence-electron chi connectivity index (χ4n) is 3.00. The lowest BCUT2D eigenvalue weighted by molar-refractivity contribution is -0.137. The zero-order chi connectivity index (χ0) is 16.9. The highest BCUT2D eigenvalue weighted by Crippen LogP contribution is 2.26. The van der Waals surface area contributed by atoms with E-state index in [1.807, 2.05) is 30.3 Å². The van der Waals surface area contributed by atoms with Crippen LogP contribution in [0.4, 0.5) is 0 Å². The monoisotopic (exact) mass is 325 g/mol. The zero-order valence-corrected chi connectivity index (χ0v) is 13.2. The molecule has 0 spiro atoms. The van der Waals surface area contributed by atoms with E-state index >= 15 is 0 Å². The minimum absolute atomic E-state index is 0.00799. The van der Waals surface area contributed by atoms with Crippen molar-refractivity contribution in [3.05, 3.63) is 60.2 Å². The molecule has 0 saturated carbocycles. The van der Waals surface area contributed by atoms with Crippen molar-refractivity contribution in [2.75, 3.05) is 6.54 Å². The lowest BCUT2D eigenvalue weighted by Gasteiger charge is -2.23. The molecule has 24 heavy (non-hydrogen) atoms. The van der Waals surface area contributed by atoms with Crippen LogP contribution < -0.4 is 4.74 Å². The third kappa shape index (κ3) is 3.74. The van der Waals surface area contributed by atoms with E-state index in [2.05, 4.69) is 0 Å². The van der Waals surface area contributed by atoms with Gasteiger partial charge in [0.15, 0.2) is 0 Å². The number of carbonyl (C=O) groups is 2. The number of nitrogens with zero attached hydrogens (tertiary/aromatic N) is 1. The van der Waals surface area contributed by atoms with Gasteiger partial charge in [0.2, 0.25) is 0 Å². The van der Waals surface area contributed by atoms with Crippen molar-refractivity contribution in [3.63, 3.8) is 0 Å². The lowest BCUT2D eigenvalue weighted by Crippen LogP contribution is -2.36. The number of benzene rings is 2. The van der Waals surface area contributed by atoms with Crippen LogP contribution in [-0.4, -0.2) is 34.5 Å². The van der Waals surface area contributed by atoms with Gasteiger partial charge in [-0.3, -0.25) is 9.59 Å². The number of rotatable bonds is 5. The first-order valence-corrected chi connectivity index (χ1v) is 7.99. The molecule has 2 aromatic rings. The first kappa shape index (κ1) is 16.1. The third-order valence-corrected chi connectivity index (χ3v) is 4.11. The Kier molecular flexibility index (Phi) is 4.79. The van der Waals surface area contributed by atoms with Crippen LogP contribution in [0, 0.1) is 0 Å². The smallest absolute Gasteiger partial charge is 0.305 e. The molecular weight excluding hydrogens is 306 g/mol. The summed E-state index contributed by atoms with van der Waals surface area (Å²) in [5.41, 5.74) is 0.515. The highest BCUT2D eigenvalue weighted by molar-refractivity contribution is 5.95. The van der Waals surface area contributed by atoms with Crippen molar-refractivity contribution in [3.8, 4) is 11.5 Å². The van der Waals surface area contributed by atoms with Gasteiger partial charge in [-0.2, -0.15) is 0 Å². The summed E-state index contributed by atoms with van der Waals surface area (Å²) in [6.07, 6.45) is 1.56. The van der Waals surface area contributed by atoms with E-state index in [-0.39, 0.29) is 18.4 Å². The second-order valence-electron chi connectivity index (χ2n) is 5.84. The molecule has 1 fully saturated rings. The molecule has 0 aliphatic carbocycles. The summed E-state index contributed by atoms with van der Waals surface area (Å²) in [6, 6.07) is 16.1. The van der Waals surface area contributed by atoms with Gasteiger partial charge in [0.1, 0.15) is 11.5 Å². The highest BCUT2D eigenvalue weighted by atomic mass is 16.5. The molecule has 1 atom stereocenters. The topological polar surface area (TPSA) is 66.8 Å². The number of likely N-dealkylation sites (tertiary alicyclic amines) is 1. The summed E-state index contributed by atoms with van der Waals surface area (Å²) in [5.74, 6) is 0.270. The maximum Gasteiger partial charge on any atom is 0.305 e. The number of amides is 1. The zero-order valence-electron chi connectivity index (χ0n) is 13.2. The molecule has 124 valence electrons. The van der Waals surface area contributed by atoms with Crippen molar-refractivity contribution >= 4 is 11.9 Å². The van der Waals surface area contributed by atoms with E-state index in [1.54, 1.807) is 29.2 Å². The molecule has 0 radical (unpaired) electrons. The average molecular weight is 325 g/mol. The van der Waals surface area contributed by atoms with Crippen LogP contribution in [0.2, 0.25) is 0 Å². The van der Waals surface area contributed by atoms with Crippen molar-refractivity contribution in [2.24, 2.45) is 0 Å². The Bertz CT molecular complexity index is 729. The Morgan fingerprint density at radius 3 is 2.58 bits per heavy atom. The van der Waals surface area contributed by atoms with E-state index in [9.17, 15) is 9.59 Å². The third-order valence-electron chi connectivity index (χ3n) is 4.11. The van der Waals surface area contributed by atoms with E-state index in [1.165, 1.54) is 0 Å². The highest BCUT2D eigenvalue weighted by Gasteiger charge is 2.31. The van der Waals surface area contributed by atoms with Crippen LogP contribution >= 0.6 is 0 Å². The fraction of sp³-hybridized carbons (Fsp3) is 0.263. The summed E-state index contributed by atoms with van der Waals surface area (Å²) in [7, 11) is 0. The van der Waals surface area contributed by atoms with Crippen molar-refractivity contribution in [1.82, 2.24) is 4.90 Å². The molecule has 1 aliphatic rings. The van der Waals surface area contributed by atoms with E-state index in [4.69, 9.17) is 9.84 Å². The molecule has 1 amide bonds. The average Bonchev–Trinajstić information content (AvgIpc) is 3.02. The van der Waals surface area contributed by atoms with Crippen LogP contribution in [0.5, 0.6) is 11.5 Å². The predicted octanol–water partition coefficient (Wildman–Crippen LogP) is 3.56. The van der Waals surface area contributed by atoms with Gasteiger partial charge < -0.3 is 14.7 Å². The second-order valence-corrected chi connectivity index (χ2v) is 5.84. The van der Waals surface area contributed by atoms with Gasteiger partial charge in [-0.15, -0.1) is 0 Å². The van der Waals surface area contributed by atoms with Gasteiger partial charge in [-0.1, -0.05) is 24.3 Å². The molecule has 5 nitrogen and oxygen atoms in total. The summed E-state index contributed by atoms with van der Waals surface area (Å²) < 4.78 is 5.76. The van der Waals surface area contributed by atoms with Gasteiger partial charge in [0.05, 0.1) is 6.42 Å². The van der Waals surface area contributed by atoms with Gasteiger partial charge in [0, 0.05) is 18.2 Å². The number of para-hydroxylation sites is 1. The minimum atomic E-state index is -0.874. The molecule has 1 saturated heterocycles. The van der Waals surface area contributed by atoms with Crippen molar-refractivity contribution in [2.45, 2.75) is 25.3 Å². The van der Waals surface area contributed by atoms with E-state index < -0.39 is 5.97 Å². The number of carboxylic acid groups (broad SMARTS) is 1. The fourth-order valence-corrected chi connectivity index (χ4v) is 3.00. The first-order chi connectivity index (χ1) is 11.6. The Labute approximate surface area is 140 Å². The molecule has 1 heterocycles. The van der Waals surface area contributed by atoms with Crippen molar-refractivity contribution in [1.29, 1.82) is 0 Å². The predicted molar refractivity (Wildman–Crippen MR) is 89.3 cm³/mol. The summed E-state index contributed by atoms with van der Waals surface area (Å²) >= 11 is 0. The molecule has 1 N–H and O–H groups in total. The van der Waals surface area contributed by atoms with Crippen LogP contribution in [0.3, 0.4) is 0 Å². The summed E-state index contributed by atoms with van der Waals surface area (Å²) in [4.78, 5) is 25.3. The van der Waals surface area contributed by atoms with Crippen LogP contribution in [0.1, 0.15) is 29.6 Å². The minimum Gasteiger partial charge on any atom is -0.481 e. The van der Waals surface area contributed by atoms with Gasteiger partial charge >= 0.3 is 5.97 Å². The molecule has 1 unspecified atom stereocenters. The van der Waals surface area contributed by atoms with Crippen LogP contribution in [0.15, 0.2) is 54.6 Å². The normalized spacial score (nSPS) is 16.8. The molecule has 0 bridgehead atoms. The molecule has 1 aliphatic heterocycles. The number of hydrogen-bond acceptors (Lipinski definition) is 3. The Morgan fingerprint density at radius 2 is 1.83 bits per heavy atom. The quantitative estimate of drug-likeness (QED) is 0.913. The number of aliphatic carboxylic acids is 1. The second kappa shape index (κ2) is 7.17. The van der Waals surface area contributed by atoms with E-state index in [0.29, 0.717) is 23.6 Å². The molecule has 5 heteroatoms. The Hall–Kier alpha value is -2.82. The first-order valence-electron chi connectivity index (χ1n) is 7.99. The maximum atomic E-state index is 12.7. The summed E-state index contributed by atoms with van der Waals surface area (Å²) in [5, 5.41) is 8.99. The Morgan fingerprint density at radius 1 is 1.08 bits per heavy atom. The standard InChI is InChI=1S/C19H19NO4/c21-18(22)13-15-7-5-11-20(15)19(23)14-6-4-10-17(12-14)24-16-8-2-1-3-9-16/h1-4,6,8-10,12,15H,5,7,11,13H2,(H,21,22). The molecule has 2 aromatic carbocycles. The van der Waals surface area contributed by atoms with Gasteiger partial charge in [-0.05, 0) is 43.2 Å². The molecule has 0 aromatic heterocycles. The molecule has 3 rings (SSSR count). The van der Waals surface area contributed by atoms with Gasteiger partial charge in [0.25, 0.3) is 5.91 Å². The number of carboxylic acids is 1.